The molecule has 0 radical (unpaired) electrons. The smallest absolute Gasteiger partial charge is 0.337 e. The Labute approximate surface area is 121 Å². The van der Waals surface area contributed by atoms with E-state index in [1.165, 1.54) is 12.1 Å². The molecule has 0 amide bonds. The average Bonchev–Trinajstić information content (AvgIpc) is 2.42. The summed E-state index contributed by atoms with van der Waals surface area (Å²) in [6.45, 7) is 1.91. The minimum absolute atomic E-state index is 0.0518. The number of hydrogen-bond acceptors (Lipinski definition) is 4. The van der Waals surface area contributed by atoms with E-state index in [-0.39, 0.29) is 16.6 Å². The van der Waals surface area contributed by atoms with Crippen molar-refractivity contribution < 1.29 is 9.90 Å². The molecule has 0 bridgehead atoms. The highest BCUT2D eigenvalue weighted by Gasteiger charge is 2.17. The standard InChI is InChI=1S/C14H14ClN3O2/c1-8(9-2-4-17-5-3-9)18-13-11(14(19)20)6-10(16)7-12(13)15/h2-8,18H,16H2,1H3,(H,19,20). The molecule has 6 heteroatoms. The van der Waals surface area contributed by atoms with Gasteiger partial charge in [0.15, 0.2) is 0 Å². The minimum Gasteiger partial charge on any atom is -0.478 e. The molecule has 0 aliphatic heterocycles. The van der Waals surface area contributed by atoms with Crippen molar-refractivity contribution in [3.05, 3.63) is 52.8 Å². The number of anilines is 2. The van der Waals surface area contributed by atoms with Gasteiger partial charge in [0.25, 0.3) is 0 Å². The molecule has 1 heterocycles. The number of pyridine rings is 1. The molecule has 0 aliphatic carbocycles. The molecule has 4 N–H and O–H groups in total. The van der Waals surface area contributed by atoms with Crippen molar-refractivity contribution in [3.63, 3.8) is 0 Å². The Morgan fingerprint density at radius 2 is 2.05 bits per heavy atom. The quantitative estimate of drug-likeness (QED) is 0.753. The van der Waals surface area contributed by atoms with E-state index in [1.807, 2.05) is 19.1 Å². The summed E-state index contributed by atoms with van der Waals surface area (Å²) >= 11 is 6.09. The van der Waals surface area contributed by atoms with Gasteiger partial charge in [0.1, 0.15) is 0 Å². The third kappa shape index (κ3) is 3.00. The molecule has 0 saturated heterocycles. The lowest BCUT2D eigenvalue weighted by atomic mass is 10.1. The van der Waals surface area contributed by atoms with Crippen LogP contribution in [0.4, 0.5) is 11.4 Å². The zero-order valence-electron chi connectivity index (χ0n) is 10.8. The third-order valence-corrected chi connectivity index (χ3v) is 3.21. The highest BCUT2D eigenvalue weighted by Crippen LogP contribution is 2.32. The van der Waals surface area contributed by atoms with Crippen molar-refractivity contribution >= 4 is 28.9 Å². The van der Waals surface area contributed by atoms with Gasteiger partial charge in [-0.05, 0) is 36.8 Å². The zero-order chi connectivity index (χ0) is 14.7. The number of halogens is 1. The van der Waals surface area contributed by atoms with Crippen molar-refractivity contribution in [2.45, 2.75) is 13.0 Å². The Morgan fingerprint density at radius 3 is 2.65 bits per heavy atom. The van der Waals surface area contributed by atoms with E-state index >= 15 is 0 Å². The van der Waals surface area contributed by atoms with Gasteiger partial charge < -0.3 is 16.2 Å². The number of carboxylic acids is 1. The van der Waals surface area contributed by atoms with Crippen LogP contribution < -0.4 is 11.1 Å². The van der Waals surface area contributed by atoms with Gasteiger partial charge in [-0.15, -0.1) is 0 Å². The summed E-state index contributed by atoms with van der Waals surface area (Å²) < 4.78 is 0. The Hall–Kier alpha value is -2.27. The van der Waals surface area contributed by atoms with E-state index in [0.29, 0.717) is 11.4 Å². The predicted molar refractivity (Wildman–Crippen MR) is 79.1 cm³/mol. The van der Waals surface area contributed by atoms with Crippen LogP contribution in [0.1, 0.15) is 28.9 Å². The Balaban J connectivity index is 2.36. The van der Waals surface area contributed by atoms with Crippen molar-refractivity contribution in [2.75, 3.05) is 11.1 Å². The van der Waals surface area contributed by atoms with E-state index in [0.717, 1.165) is 5.56 Å². The summed E-state index contributed by atoms with van der Waals surface area (Å²) in [6, 6.07) is 6.50. The topological polar surface area (TPSA) is 88.2 Å². The van der Waals surface area contributed by atoms with Crippen LogP contribution in [-0.4, -0.2) is 16.1 Å². The first-order chi connectivity index (χ1) is 9.49. The lowest BCUT2D eigenvalue weighted by molar-refractivity contribution is 0.0698. The maximum atomic E-state index is 11.3. The first-order valence-corrected chi connectivity index (χ1v) is 6.35. The molecule has 0 aliphatic rings. The molecule has 0 fully saturated rings. The van der Waals surface area contributed by atoms with Crippen LogP contribution in [0.2, 0.25) is 5.02 Å². The molecule has 104 valence electrons. The maximum absolute atomic E-state index is 11.3. The van der Waals surface area contributed by atoms with E-state index in [9.17, 15) is 9.90 Å². The number of nitrogens with one attached hydrogen (secondary N) is 1. The molecule has 1 aromatic heterocycles. The van der Waals surface area contributed by atoms with Crippen LogP contribution >= 0.6 is 11.6 Å². The Kier molecular flexibility index (Phi) is 4.10. The van der Waals surface area contributed by atoms with Crippen LogP contribution in [0.25, 0.3) is 0 Å². The van der Waals surface area contributed by atoms with Crippen LogP contribution in [-0.2, 0) is 0 Å². The number of nitrogen functional groups attached to an aromatic ring is 1. The van der Waals surface area contributed by atoms with Gasteiger partial charge in [0.05, 0.1) is 16.3 Å². The molecule has 2 rings (SSSR count). The average molecular weight is 292 g/mol. The van der Waals surface area contributed by atoms with Gasteiger partial charge in [-0.3, -0.25) is 4.98 Å². The summed E-state index contributed by atoms with van der Waals surface area (Å²) in [4.78, 5) is 15.2. The lowest BCUT2D eigenvalue weighted by Gasteiger charge is -2.18. The Bertz CT molecular complexity index is 632. The van der Waals surface area contributed by atoms with Crippen molar-refractivity contribution in [1.29, 1.82) is 0 Å². The van der Waals surface area contributed by atoms with Crippen molar-refractivity contribution in [1.82, 2.24) is 4.98 Å². The van der Waals surface area contributed by atoms with Gasteiger partial charge in [-0.25, -0.2) is 4.79 Å². The molecule has 1 atom stereocenters. The molecule has 1 aromatic carbocycles. The number of aromatic carboxylic acids is 1. The van der Waals surface area contributed by atoms with Crippen LogP contribution in [0.5, 0.6) is 0 Å². The number of hydrogen-bond donors (Lipinski definition) is 3. The fourth-order valence-corrected chi connectivity index (χ4v) is 2.18. The molecule has 1 unspecified atom stereocenters. The third-order valence-electron chi connectivity index (χ3n) is 2.91. The molecule has 20 heavy (non-hydrogen) atoms. The molecular weight excluding hydrogens is 278 g/mol. The van der Waals surface area contributed by atoms with E-state index in [1.54, 1.807) is 12.4 Å². The number of aromatic nitrogens is 1. The van der Waals surface area contributed by atoms with Crippen LogP contribution in [0.3, 0.4) is 0 Å². The highest BCUT2D eigenvalue weighted by atomic mass is 35.5. The molecule has 0 spiro atoms. The second-order valence-corrected chi connectivity index (χ2v) is 4.78. The number of benzene rings is 1. The molecule has 2 aromatic rings. The fourth-order valence-electron chi connectivity index (χ4n) is 1.89. The second-order valence-electron chi connectivity index (χ2n) is 4.38. The highest BCUT2D eigenvalue weighted by molar-refractivity contribution is 6.34. The first-order valence-electron chi connectivity index (χ1n) is 5.98. The summed E-state index contributed by atoms with van der Waals surface area (Å²) in [5.41, 5.74) is 7.33. The second kappa shape index (κ2) is 5.79. The Morgan fingerprint density at radius 1 is 1.40 bits per heavy atom. The molecule has 0 saturated carbocycles. The monoisotopic (exact) mass is 291 g/mol. The van der Waals surface area contributed by atoms with Crippen LogP contribution in [0.15, 0.2) is 36.7 Å². The lowest BCUT2D eigenvalue weighted by Crippen LogP contribution is -2.12. The van der Waals surface area contributed by atoms with Gasteiger partial charge in [-0.2, -0.15) is 0 Å². The number of rotatable bonds is 4. The summed E-state index contributed by atoms with van der Waals surface area (Å²) in [7, 11) is 0. The SMILES string of the molecule is CC(Nc1c(Cl)cc(N)cc1C(=O)O)c1ccncc1. The maximum Gasteiger partial charge on any atom is 0.337 e. The van der Waals surface area contributed by atoms with E-state index < -0.39 is 5.97 Å². The zero-order valence-corrected chi connectivity index (χ0v) is 11.6. The number of nitrogens with two attached hydrogens (primary N) is 1. The normalized spacial score (nSPS) is 11.9. The number of carbonyl (C=O) groups is 1. The van der Waals surface area contributed by atoms with Gasteiger partial charge in [0.2, 0.25) is 0 Å². The summed E-state index contributed by atoms with van der Waals surface area (Å²) in [6.07, 6.45) is 3.35. The molecule has 5 nitrogen and oxygen atoms in total. The van der Waals surface area contributed by atoms with Gasteiger partial charge >= 0.3 is 5.97 Å². The van der Waals surface area contributed by atoms with Crippen molar-refractivity contribution in [2.24, 2.45) is 0 Å². The number of nitrogens with zero attached hydrogens (tertiary/aromatic N) is 1. The summed E-state index contributed by atoms with van der Waals surface area (Å²) in [5, 5.41) is 12.6. The minimum atomic E-state index is -1.08. The number of carboxylic acid groups (broad SMARTS) is 1. The van der Waals surface area contributed by atoms with Crippen molar-refractivity contribution in [3.8, 4) is 0 Å². The molecular formula is C14H14ClN3O2. The summed E-state index contributed by atoms with van der Waals surface area (Å²) in [5.74, 6) is -1.08. The first kappa shape index (κ1) is 14.1. The van der Waals surface area contributed by atoms with Gasteiger partial charge in [-0.1, -0.05) is 11.6 Å². The van der Waals surface area contributed by atoms with Gasteiger partial charge in [0, 0.05) is 24.1 Å². The predicted octanol–water partition coefficient (Wildman–Crippen LogP) is 3.19. The largest absolute Gasteiger partial charge is 0.478 e. The van der Waals surface area contributed by atoms with E-state index in [4.69, 9.17) is 17.3 Å². The van der Waals surface area contributed by atoms with Crippen LogP contribution in [0, 0.1) is 0 Å². The van der Waals surface area contributed by atoms with E-state index in [2.05, 4.69) is 10.3 Å². The fraction of sp³-hybridized carbons (Fsp3) is 0.143.